The molecule has 0 fully saturated rings. The molecule has 0 heterocycles. The van der Waals surface area contributed by atoms with E-state index in [2.05, 4.69) is 48.6 Å². The summed E-state index contributed by atoms with van der Waals surface area (Å²) in [5.74, 6) is 0. The van der Waals surface area contributed by atoms with Crippen LogP contribution in [0.5, 0.6) is 0 Å². The van der Waals surface area contributed by atoms with E-state index in [0.717, 1.165) is 0 Å². The summed E-state index contributed by atoms with van der Waals surface area (Å²) in [5.41, 5.74) is 0. The Balaban J connectivity index is 0.000000171. The Labute approximate surface area is 114 Å². The van der Waals surface area contributed by atoms with Crippen molar-refractivity contribution < 1.29 is 15.5 Å². The van der Waals surface area contributed by atoms with Crippen molar-refractivity contribution in [2.45, 2.75) is 49.8 Å². The molecule has 2 aliphatic rings. The van der Waals surface area contributed by atoms with Crippen LogP contribution >= 0.6 is 0 Å². The van der Waals surface area contributed by atoms with Gasteiger partial charge < -0.3 is 0 Å². The first-order valence-corrected chi connectivity index (χ1v) is 7.22. The van der Waals surface area contributed by atoms with Crippen molar-refractivity contribution in [1.29, 1.82) is 0 Å². The zero-order valence-electron chi connectivity index (χ0n) is 10.5. The van der Waals surface area contributed by atoms with E-state index in [4.69, 9.17) is 15.5 Å². The molecule has 1 atom stereocenters. The van der Waals surface area contributed by atoms with E-state index in [1.54, 1.807) is 0 Å². The third-order valence-electron chi connectivity index (χ3n) is 2.76. The Morgan fingerprint density at radius 3 is 1.88 bits per heavy atom. The van der Waals surface area contributed by atoms with E-state index < -0.39 is 0 Å². The van der Waals surface area contributed by atoms with Gasteiger partial charge in [0.1, 0.15) is 0 Å². The van der Waals surface area contributed by atoms with Crippen LogP contribution in [0.25, 0.3) is 0 Å². The summed E-state index contributed by atoms with van der Waals surface area (Å²) in [5, 5.41) is 0. The maximum absolute atomic E-state index is 4.83. The van der Waals surface area contributed by atoms with Crippen LogP contribution < -0.4 is 0 Å². The SMILES string of the molecule is C1=C\CCCC\C=C/1.[Ni][CH]1/C=C\C=C/CCC1. The second-order valence-electron chi connectivity index (χ2n) is 4.35. The molecule has 0 nitrogen and oxygen atoms in total. The fourth-order valence-corrected chi connectivity index (χ4v) is 2.05. The van der Waals surface area contributed by atoms with Gasteiger partial charge in [0.15, 0.2) is 0 Å². The number of hydrogen-bond acceptors (Lipinski definition) is 0. The Morgan fingerprint density at radius 2 is 1.24 bits per heavy atom. The first kappa shape index (κ1) is 14.5. The van der Waals surface area contributed by atoms with E-state index in [1.807, 2.05) is 0 Å². The number of allylic oxidation sites excluding steroid dienone is 8. The predicted molar refractivity (Wildman–Crippen MR) is 72.6 cm³/mol. The van der Waals surface area contributed by atoms with Gasteiger partial charge in [-0.1, -0.05) is 24.3 Å². The van der Waals surface area contributed by atoms with Gasteiger partial charge in [-0.2, -0.15) is 0 Å². The molecule has 0 amide bonds. The van der Waals surface area contributed by atoms with Crippen LogP contribution in [-0.2, 0) is 15.5 Å². The van der Waals surface area contributed by atoms with Crippen molar-refractivity contribution in [3.05, 3.63) is 48.6 Å². The molecule has 0 radical (unpaired) electrons. The predicted octanol–water partition coefficient (Wildman–Crippen LogP) is 5.29. The quantitative estimate of drug-likeness (QED) is 0.526. The zero-order valence-corrected chi connectivity index (χ0v) is 11.4. The second-order valence-corrected chi connectivity index (χ2v) is 5.09. The molecule has 0 aromatic heterocycles. The number of rotatable bonds is 0. The molecule has 0 bridgehead atoms. The Hall–Kier alpha value is -0.546. The minimum atomic E-state index is 0.412. The minimum absolute atomic E-state index is 0.412. The normalized spacial score (nSPS) is 31.5. The molecule has 1 unspecified atom stereocenters. The van der Waals surface area contributed by atoms with Crippen molar-refractivity contribution in [3.8, 4) is 0 Å². The second kappa shape index (κ2) is 10.6. The summed E-state index contributed by atoms with van der Waals surface area (Å²) in [4.78, 5) is 0.412. The molecule has 2 rings (SSSR count). The van der Waals surface area contributed by atoms with Gasteiger partial charge in [-0.15, -0.1) is 0 Å². The van der Waals surface area contributed by atoms with Crippen LogP contribution in [0.1, 0.15) is 44.9 Å². The van der Waals surface area contributed by atoms with Gasteiger partial charge in [0.25, 0.3) is 0 Å². The van der Waals surface area contributed by atoms with Gasteiger partial charge in [-0.05, 0) is 25.7 Å². The van der Waals surface area contributed by atoms with E-state index in [9.17, 15) is 0 Å². The molecule has 17 heavy (non-hydrogen) atoms. The monoisotopic (exact) mass is 273 g/mol. The molecule has 97 valence electrons. The molecular weight excluding hydrogens is 251 g/mol. The van der Waals surface area contributed by atoms with Gasteiger partial charge in [0.05, 0.1) is 0 Å². The van der Waals surface area contributed by atoms with Gasteiger partial charge in [0, 0.05) is 0 Å². The topological polar surface area (TPSA) is 0 Å². The van der Waals surface area contributed by atoms with Gasteiger partial charge >= 0.3 is 63.9 Å². The standard InChI is InChI=1S/C8H12.C8H11.Ni/c2*1-2-4-6-8-7-5-3-1;/h1-4H,5-8H2;1-5H,6-8H2;/b3-1-,4-2-;2-1-,5-3-;. The van der Waals surface area contributed by atoms with Crippen LogP contribution in [-0.4, -0.2) is 0 Å². The molecule has 0 saturated heterocycles. The summed E-state index contributed by atoms with van der Waals surface area (Å²) >= 11 is 4.83. The van der Waals surface area contributed by atoms with E-state index >= 15 is 0 Å². The van der Waals surface area contributed by atoms with Crippen molar-refractivity contribution in [3.63, 3.8) is 0 Å². The summed E-state index contributed by atoms with van der Waals surface area (Å²) in [7, 11) is 0. The Morgan fingerprint density at radius 1 is 0.706 bits per heavy atom. The summed E-state index contributed by atoms with van der Waals surface area (Å²) in [6, 6.07) is 0. The Kier molecular flexibility index (Phi) is 9.05. The van der Waals surface area contributed by atoms with E-state index in [-0.39, 0.29) is 0 Å². The van der Waals surface area contributed by atoms with Crippen LogP contribution in [0, 0.1) is 0 Å². The van der Waals surface area contributed by atoms with Crippen molar-refractivity contribution in [2.75, 3.05) is 0 Å². The van der Waals surface area contributed by atoms with E-state index in [1.165, 1.54) is 44.9 Å². The molecular formula is C16H23Ni. The zero-order chi connectivity index (χ0) is 12.2. The fourth-order valence-electron chi connectivity index (χ4n) is 1.74. The molecule has 2 aliphatic carbocycles. The van der Waals surface area contributed by atoms with Crippen LogP contribution in [0.15, 0.2) is 48.6 Å². The Bertz CT molecular complexity index is 270. The molecule has 0 saturated carbocycles. The van der Waals surface area contributed by atoms with Crippen molar-refractivity contribution in [1.82, 2.24) is 0 Å². The van der Waals surface area contributed by atoms with Crippen molar-refractivity contribution >= 4 is 0 Å². The molecule has 0 aliphatic heterocycles. The van der Waals surface area contributed by atoms with Gasteiger partial charge in [-0.25, -0.2) is 0 Å². The van der Waals surface area contributed by atoms with Crippen molar-refractivity contribution in [2.24, 2.45) is 0 Å². The van der Waals surface area contributed by atoms with Crippen LogP contribution in [0.3, 0.4) is 0 Å². The molecule has 0 aromatic rings. The van der Waals surface area contributed by atoms with Crippen LogP contribution in [0.4, 0.5) is 0 Å². The number of hydrogen-bond donors (Lipinski definition) is 0. The summed E-state index contributed by atoms with van der Waals surface area (Å²) in [6.45, 7) is 0. The third-order valence-corrected chi connectivity index (χ3v) is 3.24. The first-order chi connectivity index (χ1) is 8.39. The third kappa shape index (κ3) is 9.18. The average molecular weight is 274 g/mol. The maximum atomic E-state index is 4.83. The molecule has 0 aromatic carbocycles. The van der Waals surface area contributed by atoms with E-state index in [0.29, 0.717) is 4.89 Å². The fraction of sp³-hybridized carbons (Fsp3) is 0.500. The first-order valence-electron chi connectivity index (χ1n) is 6.65. The summed E-state index contributed by atoms with van der Waals surface area (Å²) in [6.07, 6.45) is 26.1. The average Bonchev–Trinajstić information content (AvgIpc) is 2.23. The summed E-state index contributed by atoms with van der Waals surface area (Å²) < 4.78 is 0. The molecule has 1 heteroatoms. The van der Waals surface area contributed by atoms with Gasteiger partial charge in [0.2, 0.25) is 0 Å². The molecule has 0 N–H and O–H groups in total. The van der Waals surface area contributed by atoms with Gasteiger partial charge in [-0.3, -0.25) is 0 Å². The molecule has 0 spiro atoms. The van der Waals surface area contributed by atoms with Crippen LogP contribution in [0.2, 0.25) is 4.89 Å².